The van der Waals surface area contributed by atoms with Crippen LogP contribution in [-0.4, -0.2) is 25.3 Å². The quantitative estimate of drug-likeness (QED) is 0.494. The molecular weight excluding hydrogens is 296 g/mol. The second kappa shape index (κ2) is 7.12. The van der Waals surface area contributed by atoms with Gasteiger partial charge in [0.1, 0.15) is 10.7 Å². The van der Waals surface area contributed by atoms with Crippen molar-refractivity contribution in [3.63, 3.8) is 0 Å². The molecule has 1 unspecified atom stereocenters. The van der Waals surface area contributed by atoms with Crippen molar-refractivity contribution in [3.8, 4) is 5.40 Å². The lowest BCUT2D eigenvalue weighted by Gasteiger charge is -2.12. The first-order chi connectivity index (χ1) is 9.40. The van der Waals surface area contributed by atoms with E-state index in [2.05, 4.69) is 11.9 Å². The zero-order chi connectivity index (χ0) is 15.2. The molecule has 1 amide bonds. The molecule has 0 fully saturated rings. The summed E-state index contributed by atoms with van der Waals surface area (Å²) in [6.45, 7) is 4.70. The molecule has 0 aliphatic heterocycles. The summed E-state index contributed by atoms with van der Waals surface area (Å²) in [5.41, 5.74) is 0.484. The number of hydrogen-bond acceptors (Lipinski definition) is 5. The highest BCUT2D eigenvalue weighted by Crippen LogP contribution is 2.19. The van der Waals surface area contributed by atoms with Crippen molar-refractivity contribution in [2.75, 3.05) is 11.1 Å². The van der Waals surface area contributed by atoms with Gasteiger partial charge >= 0.3 is 0 Å². The van der Waals surface area contributed by atoms with Crippen molar-refractivity contribution in [1.82, 2.24) is 0 Å². The van der Waals surface area contributed by atoms with Crippen LogP contribution >= 0.6 is 11.8 Å². The maximum absolute atomic E-state index is 11.9. The third kappa shape index (κ3) is 4.40. The maximum Gasteiger partial charge on any atom is 0.242 e. The number of anilines is 1. The smallest absolute Gasteiger partial charge is 0.242 e. The number of carbonyl (C=O) groups excluding carboxylic acids is 1. The van der Waals surface area contributed by atoms with Gasteiger partial charge in [0.15, 0.2) is 9.84 Å². The lowest BCUT2D eigenvalue weighted by Crippen LogP contribution is -2.33. The van der Waals surface area contributed by atoms with Crippen LogP contribution < -0.4 is 5.32 Å². The highest BCUT2D eigenvalue weighted by Gasteiger charge is 2.26. The van der Waals surface area contributed by atoms with E-state index in [1.54, 1.807) is 24.3 Å². The average Bonchev–Trinajstić information content (AvgIpc) is 2.40. The van der Waals surface area contributed by atoms with E-state index in [-0.39, 0.29) is 5.75 Å². The van der Waals surface area contributed by atoms with Crippen LogP contribution in [-0.2, 0) is 14.6 Å². The molecule has 106 valence electrons. The molecule has 0 saturated carbocycles. The van der Waals surface area contributed by atoms with Crippen molar-refractivity contribution in [2.45, 2.75) is 17.1 Å². The topological polar surface area (TPSA) is 87.0 Å². The Kier molecular flexibility index (Phi) is 5.80. The average molecular weight is 310 g/mol. The van der Waals surface area contributed by atoms with E-state index in [1.807, 2.05) is 5.40 Å². The maximum atomic E-state index is 11.9. The van der Waals surface area contributed by atoms with Crippen LogP contribution in [0, 0.1) is 10.7 Å². The molecule has 0 bridgehead atoms. The Morgan fingerprint density at radius 1 is 1.50 bits per heavy atom. The molecule has 1 rings (SSSR count). The number of nitrogens with zero attached hydrogens (tertiary/aromatic N) is 1. The number of nitrogens with one attached hydrogen (secondary N) is 1. The van der Waals surface area contributed by atoms with E-state index < -0.39 is 21.0 Å². The Morgan fingerprint density at radius 3 is 2.60 bits per heavy atom. The van der Waals surface area contributed by atoms with Gasteiger partial charge in [-0.15, -0.1) is 6.58 Å². The molecule has 1 atom stereocenters. The minimum Gasteiger partial charge on any atom is -0.325 e. The van der Waals surface area contributed by atoms with Crippen LogP contribution in [0.4, 0.5) is 5.69 Å². The van der Waals surface area contributed by atoms with Gasteiger partial charge in [0.05, 0.1) is 5.75 Å². The largest absolute Gasteiger partial charge is 0.325 e. The third-order valence-corrected chi connectivity index (χ3v) is 5.13. The zero-order valence-corrected chi connectivity index (χ0v) is 12.5. The lowest BCUT2D eigenvalue weighted by molar-refractivity contribution is -0.115. The van der Waals surface area contributed by atoms with Crippen molar-refractivity contribution in [2.24, 2.45) is 0 Å². The summed E-state index contributed by atoms with van der Waals surface area (Å²) in [6.07, 6.45) is 1.26. The van der Waals surface area contributed by atoms with Gasteiger partial charge in [-0.05, 0) is 43.0 Å². The van der Waals surface area contributed by atoms with Gasteiger partial charge in [0.2, 0.25) is 5.91 Å². The fourth-order valence-corrected chi connectivity index (χ4v) is 2.75. The van der Waals surface area contributed by atoms with Crippen LogP contribution in [0.3, 0.4) is 0 Å². The minimum absolute atomic E-state index is 0.237. The third-order valence-electron chi connectivity index (χ3n) is 2.54. The van der Waals surface area contributed by atoms with E-state index in [1.165, 1.54) is 13.0 Å². The predicted octanol–water partition coefficient (Wildman–Crippen LogP) is 2.19. The van der Waals surface area contributed by atoms with Crippen LogP contribution in [0.15, 0.2) is 41.8 Å². The van der Waals surface area contributed by atoms with E-state index in [0.29, 0.717) is 5.69 Å². The van der Waals surface area contributed by atoms with Gasteiger partial charge in [-0.3, -0.25) is 4.79 Å². The normalized spacial score (nSPS) is 12.2. The zero-order valence-electron chi connectivity index (χ0n) is 10.9. The van der Waals surface area contributed by atoms with Crippen LogP contribution in [0.5, 0.6) is 0 Å². The molecule has 0 spiro atoms. The van der Waals surface area contributed by atoms with Crippen molar-refractivity contribution in [1.29, 1.82) is 5.26 Å². The second-order valence-electron chi connectivity index (χ2n) is 3.97. The van der Waals surface area contributed by atoms with E-state index >= 15 is 0 Å². The van der Waals surface area contributed by atoms with Crippen LogP contribution in [0.25, 0.3) is 0 Å². The van der Waals surface area contributed by atoms with Gasteiger partial charge in [-0.2, -0.15) is 5.26 Å². The molecule has 0 aliphatic rings. The Labute approximate surface area is 122 Å². The highest BCUT2D eigenvalue weighted by atomic mass is 32.2. The van der Waals surface area contributed by atoms with Gasteiger partial charge < -0.3 is 5.32 Å². The Balaban J connectivity index is 2.76. The Morgan fingerprint density at radius 2 is 2.10 bits per heavy atom. The molecule has 7 heteroatoms. The van der Waals surface area contributed by atoms with E-state index in [9.17, 15) is 13.2 Å². The predicted molar refractivity (Wildman–Crippen MR) is 80.0 cm³/mol. The number of benzene rings is 1. The first-order valence-corrected chi connectivity index (χ1v) is 8.23. The summed E-state index contributed by atoms with van der Waals surface area (Å²) >= 11 is 1.01. The van der Waals surface area contributed by atoms with Crippen molar-refractivity contribution >= 4 is 33.2 Å². The van der Waals surface area contributed by atoms with Crippen LogP contribution in [0.2, 0.25) is 0 Å². The molecule has 0 heterocycles. The molecule has 0 aromatic heterocycles. The number of sulfone groups is 1. The van der Waals surface area contributed by atoms with E-state index in [4.69, 9.17) is 5.26 Å². The molecule has 1 N–H and O–H groups in total. The Hall–Kier alpha value is -1.78. The summed E-state index contributed by atoms with van der Waals surface area (Å²) in [5.74, 6) is -0.827. The summed E-state index contributed by atoms with van der Waals surface area (Å²) < 4.78 is 23.5. The molecule has 0 aliphatic carbocycles. The number of carbonyl (C=O) groups is 1. The standard InChI is InChI=1S/C13H14N2O3S2/c1-3-8-20(17,18)10(2)13(16)15-11-4-6-12(7-5-11)19-9-14/h3-7,10H,1,8H2,2H3,(H,15,16). The first kappa shape index (κ1) is 16.3. The Bertz CT molecular complexity index is 631. The first-order valence-electron chi connectivity index (χ1n) is 5.70. The number of nitriles is 1. The van der Waals surface area contributed by atoms with Crippen molar-refractivity contribution < 1.29 is 13.2 Å². The molecular formula is C13H14N2O3S2. The number of amides is 1. The van der Waals surface area contributed by atoms with Gasteiger partial charge in [0.25, 0.3) is 0 Å². The number of thiocyanates is 1. The fraction of sp³-hybridized carbons (Fsp3) is 0.231. The highest BCUT2D eigenvalue weighted by molar-refractivity contribution is 8.03. The van der Waals surface area contributed by atoms with Crippen molar-refractivity contribution in [3.05, 3.63) is 36.9 Å². The number of rotatable bonds is 6. The number of thioether (sulfide) groups is 1. The molecule has 5 nitrogen and oxygen atoms in total. The fourth-order valence-electron chi connectivity index (χ4n) is 1.37. The summed E-state index contributed by atoms with van der Waals surface area (Å²) in [6, 6.07) is 6.58. The van der Waals surface area contributed by atoms with E-state index in [0.717, 1.165) is 16.7 Å². The molecule has 0 radical (unpaired) electrons. The van der Waals surface area contributed by atoms with Crippen LogP contribution in [0.1, 0.15) is 6.92 Å². The van der Waals surface area contributed by atoms with Gasteiger partial charge in [-0.1, -0.05) is 6.08 Å². The SMILES string of the molecule is C=CCS(=O)(=O)C(C)C(=O)Nc1ccc(SC#N)cc1. The molecule has 1 aromatic rings. The monoisotopic (exact) mass is 310 g/mol. The lowest BCUT2D eigenvalue weighted by atomic mass is 10.3. The minimum atomic E-state index is -3.52. The summed E-state index contributed by atoms with van der Waals surface area (Å²) in [5, 5.41) is 11.8. The molecule has 0 saturated heterocycles. The molecule has 1 aromatic carbocycles. The van der Waals surface area contributed by atoms with Gasteiger partial charge in [0, 0.05) is 10.6 Å². The second-order valence-corrected chi connectivity index (χ2v) is 7.19. The number of hydrogen-bond donors (Lipinski definition) is 1. The summed E-state index contributed by atoms with van der Waals surface area (Å²) in [4.78, 5) is 12.6. The molecule has 20 heavy (non-hydrogen) atoms. The van der Waals surface area contributed by atoms with Gasteiger partial charge in [-0.25, -0.2) is 8.42 Å². The summed E-state index contributed by atoms with van der Waals surface area (Å²) in [7, 11) is -3.52.